The number of carbonyl (C=O) groups excluding carboxylic acids is 1. The minimum Gasteiger partial charge on any atom is -0.493 e. The molecule has 1 aliphatic carbocycles. The number of fused-ring (bicyclic) bond motifs is 1. The Kier molecular flexibility index (Phi) is 5.59. The van der Waals surface area contributed by atoms with Gasteiger partial charge in [0.2, 0.25) is 0 Å². The van der Waals surface area contributed by atoms with Crippen LogP contribution in [-0.4, -0.2) is 25.2 Å². The van der Waals surface area contributed by atoms with E-state index in [1.807, 2.05) is 36.4 Å². The number of benzene rings is 2. The van der Waals surface area contributed by atoms with E-state index in [1.165, 1.54) is 0 Å². The van der Waals surface area contributed by atoms with Gasteiger partial charge in [0.1, 0.15) is 11.4 Å². The summed E-state index contributed by atoms with van der Waals surface area (Å²) < 4.78 is 11.5. The Labute approximate surface area is 149 Å². The fourth-order valence-electron chi connectivity index (χ4n) is 3.54. The largest absolute Gasteiger partial charge is 0.493 e. The molecule has 0 bridgehead atoms. The Morgan fingerprint density at radius 3 is 2.52 bits per heavy atom. The van der Waals surface area contributed by atoms with Crippen molar-refractivity contribution in [2.24, 2.45) is 0 Å². The number of rotatable bonds is 7. The molecule has 1 N–H and O–H groups in total. The second-order valence-corrected chi connectivity index (χ2v) is 6.72. The average Bonchev–Trinajstić information content (AvgIpc) is 3.14. The molecule has 1 fully saturated rings. The third-order valence-corrected chi connectivity index (χ3v) is 5.10. The molecule has 0 aromatic heterocycles. The third-order valence-electron chi connectivity index (χ3n) is 5.10. The van der Waals surface area contributed by atoms with Crippen LogP contribution in [0.1, 0.15) is 45.4 Å². The zero-order valence-corrected chi connectivity index (χ0v) is 15.1. The molecule has 0 radical (unpaired) electrons. The summed E-state index contributed by atoms with van der Waals surface area (Å²) in [6, 6.07) is 11.9. The van der Waals surface area contributed by atoms with Crippen LogP contribution in [0, 0.1) is 0 Å². The van der Waals surface area contributed by atoms with E-state index in [0.717, 1.165) is 60.7 Å². The standard InChI is InChI=1S/C21H27NO3/c1-3-4-15-25-19-12-11-18(16-9-5-6-10-17(16)19)22-20(23)21(24-2)13-7-8-14-21/h5-6,9-12H,3-4,7-8,13-15H2,1-2H3,(H,22,23). The molecule has 0 heterocycles. The summed E-state index contributed by atoms with van der Waals surface area (Å²) in [5, 5.41) is 5.11. The predicted molar refractivity (Wildman–Crippen MR) is 101 cm³/mol. The second-order valence-electron chi connectivity index (χ2n) is 6.72. The number of hydrogen-bond donors (Lipinski definition) is 1. The number of unbranched alkanes of at least 4 members (excludes halogenated alkanes) is 1. The Hall–Kier alpha value is -2.07. The van der Waals surface area contributed by atoms with Crippen molar-refractivity contribution in [1.82, 2.24) is 0 Å². The molecule has 2 aromatic carbocycles. The first-order valence-corrected chi connectivity index (χ1v) is 9.21. The molecule has 0 spiro atoms. The highest BCUT2D eigenvalue weighted by Gasteiger charge is 2.41. The minimum atomic E-state index is -0.683. The molecule has 134 valence electrons. The van der Waals surface area contributed by atoms with Crippen molar-refractivity contribution in [2.45, 2.75) is 51.0 Å². The third kappa shape index (κ3) is 3.64. The molecule has 0 unspecified atom stereocenters. The minimum absolute atomic E-state index is 0.0442. The lowest BCUT2D eigenvalue weighted by Crippen LogP contribution is -2.42. The number of hydrogen-bond acceptors (Lipinski definition) is 3. The Morgan fingerprint density at radius 1 is 1.12 bits per heavy atom. The van der Waals surface area contributed by atoms with Gasteiger partial charge in [-0.05, 0) is 44.2 Å². The first kappa shape index (κ1) is 17.7. The smallest absolute Gasteiger partial charge is 0.256 e. The van der Waals surface area contributed by atoms with Crippen molar-refractivity contribution in [3.05, 3.63) is 36.4 Å². The maximum absolute atomic E-state index is 12.8. The van der Waals surface area contributed by atoms with Gasteiger partial charge in [0.15, 0.2) is 0 Å². The van der Waals surface area contributed by atoms with Crippen LogP contribution in [-0.2, 0) is 9.53 Å². The van der Waals surface area contributed by atoms with Gasteiger partial charge in [-0.15, -0.1) is 0 Å². The molecule has 0 aliphatic heterocycles. The lowest BCUT2D eigenvalue weighted by molar-refractivity contribution is -0.136. The van der Waals surface area contributed by atoms with Gasteiger partial charge in [0.25, 0.3) is 5.91 Å². The van der Waals surface area contributed by atoms with Crippen molar-refractivity contribution in [3.8, 4) is 5.75 Å². The van der Waals surface area contributed by atoms with Crippen molar-refractivity contribution >= 4 is 22.4 Å². The highest BCUT2D eigenvalue weighted by Crippen LogP contribution is 2.36. The summed E-state index contributed by atoms with van der Waals surface area (Å²) >= 11 is 0. The normalized spacial score (nSPS) is 16.1. The van der Waals surface area contributed by atoms with E-state index in [1.54, 1.807) is 7.11 Å². The van der Waals surface area contributed by atoms with E-state index in [4.69, 9.17) is 9.47 Å². The molecule has 2 aromatic rings. The van der Waals surface area contributed by atoms with E-state index < -0.39 is 5.60 Å². The molecule has 4 heteroatoms. The summed E-state index contributed by atoms with van der Waals surface area (Å²) in [5.41, 5.74) is 0.129. The molecule has 3 rings (SSSR count). The second kappa shape index (κ2) is 7.87. The van der Waals surface area contributed by atoms with Crippen molar-refractivity contribution in [3.63, 3.8) is 0 Å². The Balaban J connectivity index is 1.87. The van der Waals surface area contributed by atoms with Crippen LogP contribution in [0.2, 0.25) is 0 Å². The first-order valence-electron chi connectivity index (χ1n) is 9.21. The maximum Gasteiger partial charge on any atom is 0.256 e. The summed E-state index contributed by atoms with van der Waals surface area (Å²) in [6.45, 7) is 2.85. The quantitative estimate of drug-likeness (QED) is 0.727. The topological polar surface area (TPSA) is 47.6 Å². The van der Waals surface area contributed by atoms with Gasteiger partial charge < -0.3 is 14.8 Å². The van der Waals surface area contributed by atoms with E-state index in [9.17, 15) is 4.79 Å². The van der Waals surface area contributed by atoms with Crippen LogP contribution in [0.25, 0.3) is 10.8 Å². The monoisotopic (exact) mass is 341 g/mol. The fourth-order valence-corrected chi connectivity index (χ4v) is 3.54. The number of methoxy groups -OCH3 is 1. The number of ether oxygens (including phenoxy) is 2. The summed E-state index contributed by atoms with van der Waals surface area (Å²) in [5.74, 6) is 0.821. The Morgan fingerprint density at radius 2 is 1.84 bits per heavy atom. The molecule has 1 aliphatic rings. The van der Waals surface area contributed by atoms with Gasteiger partial charge in [-0.1, -0.05) is 37.6 Å². The van der Waals surface area contributed by atoms with Crippen LogP contribution in [0.3, 0.4) is 0 Å². The van der Waals surface area contributed by atoms with Gasteiger partial charge in [0.05, 0.1) is 6.61 Å². The van der Waals surface area contributed by atoms with Crippen LogP contribution in [0.4, 0.5) is 5.69 Å². The molecule has 0 saturated heterocycles. The van der Waals surface area contributed by atoms with Gasteiger partial charge >= 0.3 is 0 Å². The molecular weight excluding hydrogens is 314 g/mol. The SMILES string of the molecule is CCCCOc1ccc(NC(=O)C2(OC)CCCC2)c2ccccc12. The van der Waals surface area contributed by atoms with E-state index >= 15 is 0 Å². The van der Waals surface area contributed by atoms with Crippen LogP contribution in [0.15, 0.2) is 36.4 Å². The average molecular weight is 341 g/mol. The summed E-state index contributed by atoms with van der Waals surface area (Å²) in [4.78, 5) is 12.8. The molecule has 4 nitrogen and oxygen atoms in total. The van der Waals surface area contributed by atoms with E-state index in [-0.39, 0.29) is 5.91 Å². The highest BCUT2D eigenvalue weighted by molar-refractivity contribution is 6.06. The lowest BCUT2D eigenvalue weighted by Gasteiger charge is -2.26. The highest BCUT2D eigenvalue weighted by atomic mass is 16.5. The maximum atomic E-state index is 12.8. The van der Waals surface area contributed by atoms with Crippen molar-refractivity contribution < 1.29 is 14.3 Å². The lowest BCUT2D eigenvalue weighted by atomic mass is 10.00. The van der Waals surface area contributed by atoms with E-state index in [2.05, 4.69) is 12.2 Å². The number of nitrogens with one attached hydrogen (secondary N) is 1. The zero-order valence-electron chi connectivity index (χ0n) is 15.1. The van der Waals surface area contributed by atoms with Crippen LogP contribution < -0.4 is 10.1 Å². The van der Waals surface area contributed by atoms with Gasteiger partial charge in [-0.3, -0.25) is 4.79 Å². The molecule has 25 heavy (non-hydrogen) atoms. The first-order chi connectivity index (χ1) is 12.2. The van der Waals surface area contributed by atoms with Crippen molar-refractivity contribution in [2.75, 3.05) is 19.0 Å². The summed E-state index contributed by atoms with van der Waals surface area (Å²) in [6.07, 6.45) is 5.77. The molecule has 0 atom stereocenters. The molecular formula is C21H27NO3. The number of anilines is 1. The number of carbonyl (C=O) groups is 1. The van der Waals surface area contributed by atoms with Gasteiger partial charge in [0, 0.05) is 23.6 Å². The predicted octanol–water partition coefficient (Wildman–Crippen LogP) is 4.92. The summed E-state index contributed by atoms with van der Waals surface area (Å²) in [7, 11) is 1.63. The van der Waals surface area contributed by atoms with Gasteiger partial charge in [-0.2, -0.15) is 0 Å². The molecule has 1 saturated carbocycles. The molecule has 1 amide bonds. The Bertz CT molecular complexity index is 735. The van der Waals surface area contributed by atoms with Crippen LogP contribution >= 0.6 is 0 Å². The van der Waals surface area contributed by atoms with E-state index in [0.29, 0.717) is 6.61 Å². The zero-order chi connectivity index (χ0) is 17.7. The fraction of sp³-hybridized carbons (Fsp3) is 0.476. The van der Waals surface area contributed by atoms with Crippen molar-refractivity contribution in [1.29, 1.82) is 0 Å². The van der Waals surface area contributed by atoms with Gasteiger partial charge in [-0.25, -0.2) is 0 Å². The number of amides is 1. The van der Waals surface area contributed by atoms with Crippen LogP contribution in [0.5, 0.6) is 5.75 Å².